The summed E-state index contributed by atoms with van der Waals surface area (Å²) in [7, 11) is 0. The predicted molar refractivity (Wildman–Crippen MR) is 52.4 cm³/mol. The van der Waals surface area contributed by atoms with E-state index in [1.807, 2.05) is 12.1 Å². The highest BCUT2D eigenvalue weighted by atomic mass is 16.3. The molecule has 0 unspecified atom stereocenters. The van der Waals surface area contributed by atoms with Gasteiger partial charge in [-0.2, -0.15) is 0 Å². The average Bonchev–Trinajstić information content (AvgIpc) is 2.14. The molecule has 1 rings (SSSR count). The van der Waals surface area contributed by atoms with E-state index < -0.39 is 11.5 Å². The van der Waals surface area contributed by atoms with Crippen LogP contribution in [-0.2, 0) is 11.3 Å². The van der Waals surface area contributed by atoms with Crippen molar-refractivity contribution in [1.82, 2.24) is 10.3 Å². The molecule has 4 heteroatoms. The fraction of sp³-hybridized carbons (Fsp3) is 0.400. The van der Waals surface area contributed by atoms with Crippen molar-refractivity contribution in [2.24, 2.45) is 0 Å². The molecule has 0 saturated carbocycles. The van der Waals surface area contributed by atoms with Crippen molar-refractivity contribution >= 4 is 5.91 Å². The maximum absolute atomic E-state index is 11.2. The van der Waals surface area contributed by atoms with Gasteiger partial charge in [0, 0.05) is 6.20 Å². The smallest absolute Gasteiger partial charge is 0.251 e. The number of aromatic nitrogens is 1. The maximum atomic E-state index is 11.2. The van der Waals surface area contributed by atoms with Gasteiger partial charge in [-0.15, -0.1) is 0 Å². The van der Waals surface area contributed by atoms with Crippen molar-refractivity contribution in [3.05, 3.63) is 30.1 Å². The zero-order valence-electron chi connectivity index (χ0n) is 8.32. The van der Waals surface area contributed by atoms with Crippen LogP contribution in [0.15, 0.2) is 24.4 Å². The molecule has 1 aromatic rings. The van der Waals surface area contributed by atoms with E-state index in [0.717, 1.165) is 5.69 Å². The van der Waals surface area contributed by atoms with Gasteiger partial charge in [0.25, 0.3) is 5.91 Å². The number of nitrogens with one attached hydrogen (secondary N) is 1. The van der Waals surface area contributed by atoms with Crippen LogP contribution >= 0.6 is 0 Å². The Kier molecular flexibility index (Phi) is 3.19. The van der Waals surface area contributed by atoms with E-state index in [9.17, 15) is 9.90 Å². The molecule has 0 atom stereocenters. The van der Waals surface area contributed by atoms with Gasteiger partial charge in [0.1, 0.15) is 5.60 Å². The monoisotopic (exact) mass is 194 g/mol. The molecule has 0 aliphatic heterocycles. The minimum absolute atomic E-state index is 0.337. The molecule has 1 heterocycles. The summed E-state index contributed by atoms with van der Waals surface area (Å²) in [6.45, 7) is 3.23. The largest absolute Gasteiger partial charge is 0.381 e. The highest BCUT2D eigenvalue weighted by molar-refractivity contribution is 5.83. The van der Waals surface area contributed by atoms with Crippen LogP contribution in [0.5, 0.6) is 0 Å². The van der Waals surface area contributed by atoms with E-state index in [0.29, 0.717) is 6.54 Å². The van der Waals surface area contributed by atoms with E-state index in [4.69, 9.17) is 0 Å². The summed E-state index contributed by atoms with van der Waals surface area (Å²) >= 11 is 0. The van der Waals surface area contributed by atoms with E-state index >= 15 is 0 Å². The fourth-order valence-corrected chi connectivity index (χ4v) is 0.890. The lowest BCUT2D eigenvalue weighted by Gasteiger charge is -2.16. The van der Waals surface area contributed by atoms with Gasteiger partial charge in [-0.05, 0) is 26.0 Å². The molecule has 2 N–H and O–H groups in total. The van der Waals surface area contributed by atoms with Crippen LogP contribution < -0.4 is 5.32 Å². The lowest BCUT2D eigenvalue weighted by molar-refractivity contribution is -0.136. The molecule has 0 fully saturated rings. The van der Waals surface area contributed by atoms with Crippen molar-refractivity contribution in [3.63, 3.8) is 0 Å². The number of nitrogens with zero attached hydrogens (tertiary/aromatic N) is 1. The number of carbonyl (C=O) groups excluding carboxylic acids is 1. The van der Waals surface area contributed by atoms with Gasteiger partial charge in [-0.25, -0.2) is 0 Å². The van der Waals surface area contributed by atoms with E-state index in [1.54, 1.807) is 12.3 Å². The van der Waals surface area contributed by atoms with Crippen molar-refractivity contribution in [2.45, 2.75) is 26.0 Å². The second-order valence-corrected chi connectivity index (χ2v) is 3.56. The Balaban J connectivity index is 2.46. The standard InChI is InChI=1S/C10H14N2O2/c1-10(2,14)9(13)12-7-8-5-3-4-6-11-8/h3-6,14H,7H2,1-2H3,(H,12,13). The minimum Gasteiger partial charge on any atom is -0.381 e. The molecule has 0 saturated heterocycles. The van der Waals surface area contributed by atoms with Gasteiger partial charge in [-0.3, -0.25) is 9.78 Å². The second-order valence-electron chi connectivity index (χ2n) is 3.56. The number of aliphatic hydroxyl groups is 1. The molecule has 1 aromatic heterocycles. The Hall–Kier alpha value is -1.42. The lowest BCUT2D eigenvalue weighted by atomic mass is 10.1. The number of hydrogen-bond acceptors (Lipinski definition) is 3. The Morgan fingerprint density at radius 1 is 1.57 bits per heavy atom. The number of rotatable bonds is 3. The highest BCUT2D eigenvalue weighted by Gasteiger charge is 2.22. The molecule has 76 valence electrons. The normalized spacial score (nSPS) is 11.1. The topological polar surface area (TPSA) is 62.2 Å². The van der Waals surface area contributed by atoms with Crippen LogP contribution in [0.1, 0.15) is 19.5 Å². The van der Waals surface area contributed by atoms with Gasteiger partial charge >= 0.3 is 0 Å². The summed E-state index contributed by atoms with van der Waals surface area (Å²) in [4.78, 5) is 15.3. The number of amides is 1. The average molecular weight is 194 g/mol. The zero-order chi connectivity index (χ0) is 10.6. The fourth-order valence-electron chi connectivity index (χ4n) is 0.890. The van der Waals surface area contributed by atoms with Crippen LogP contribution in [0.25, 0.3) is 0 Å². The summed E-state index contributed by atoms with van der Waals surface area (Å²) < 4.78 is 0. The lowest BCUT2D eigenvalue weighted by Crippen LogP contribution is -2.41. The van der Waals surface area contributed by atoms with Crippen molar-refractivity contribution < 1.29 is 9.90 Å². The zero-order valence-corrected chi connectivity index (χ0v) is 8.32. The van der Waals surface area contributed by atoms with Crippen molar-refractivity contribution in [1.29, 1.82) is 0 Å². The van der Waals surface area contributed by atoms with Gasteiger partial charge in [0.05, 0.1) is 12.2 Å². The van der Waals surface area contributed by atoms with Gasteiger partial charge in [0.2, 0.25) is 0 Å². The number of carbonyl (C=O) groups is 1. The van der Waals surface area contributed by atoms with Gasteiger partial charge < -0.3 is 10.4 Å². The van der Waals surface area contributed by atoms with Gasteiger partial charge in [-0.1, -0.05) is 6.07 Å². The summed E-state index contributed by atoms with van der Waals surface area (Å²) in [5.74, 6) is -0.400. The van der Waals surface area contributed by atoms with Crippen LogP contribution in [0.4, 0.5) is 0 Å². The van der Waals surface area contributed by atoms with Gasteiger partial charge in [0.15, 0.2) is 0 Å². The van der Waals surface area contributed by atoms with Crippen LogP contribution in [0, 0.1) is 0 Å². The molecule has 0 spiro atoms. The Bertz CT molecular complexity index is 304. The van der Waals surface area contributed by atoms with Crippen molar-refractivity contribution in [2.75, 3.05) is 0 Å². The van der Waals surface area contributed by atoms with Crippen LogP contribution in [0.3, 0.4) is 0 Å². The van der Waals surface area contributed by atoms with Crippen LogP contribution in [-0.4, -0.2) is 21.6 Å². The molecular weight excluding hydrogens is 180 g/mol. The quantitative estimate of drug-likeness (QED) is 0.735. The molecular formula is C10H14N2O2. The molecule has 1 amide bonds. The van der Waals surface area contributed by atoms with Crippen LogP contribution in [0.2, 0.25) is 0 Å². The Morgan fingerprint density at radius 2 is 2.29 bits per heavy atom. The second kappa shape index (κ2) is 4.19. The minimum atomic E-state index is -1.34. The summed E-state index contributed by atoms with van der Waals surface area (Å²) in [6.07, 6.45) is 1.66. The molecule has 4 nitrogen and oxygen atoms in total. The first-order valence-corrected chi connectivity index (χ1v) is 4.41. The molecule has 0 aliphatic rings. The summed E-state index contributed by atoms with van der Waals surface area (Å²) in [5.41, 5.74) is -0.570. The van der Waals surface area contributed by atoms with Crippen molar-refractivity contribution in [3.8, 4) is 0 Å². The highest BCUT2D eigenvalue weighted by Crippen LogP contribution is 2.01. The summed E-state index contributed by atoms with van der Waals surface area (Å²) in [6, 6.07) is 5.46. The first-order chi connectivity index (χ1) is 6.50. The number of pyridine rings is 1. The Labute approximate surface area is 83.0 Å². The maximum Gasteiger partial charge on any atom is 0.251 e. The summed E-state index contributed by atoms with van der Waals surface area (Å²) in [5, 5.41) is 11.9. The molecule has 0 bridgehead atoms. The first kappa shape index (κ1) is 10.7. The third kappa shape index (κ3) is 3.14. The predicted octanol–water partition coefficient (Wildman–Crippen LogP) is 0.469. The SMILES string of the molecule is CC(C)(O)C(=O)NCc1ccccn1. The molecule has 0 radical (unpaired) electrons. The first-order valence-electron chi connectivity index (χ1n) is 4.41. The third-order valence-electron chi connectivity index (χ3n) is 1.71. The molecule has 14 heavy (non-hydrogen) atoms. The Morgan fingerprint density at radius 3 is 2.79 bits per heavy atom. The van der Waals surface area contributed by atoms with E-state index in [1.165, 1.54) is 13.8 Å². The van der Waals surface area contributed by atoms with E-state index in [2.05, 4.69) is 10.3 Å². The number of hydrogen-bond donors (Lipinski definition) is 2. The van der Waals surface area contributed by atoms with E-state index in [-0.39, 0.29) is 0 Å². The molecule has 0 aliphatic carbocycles. The molecule has 0 aromatic carbocycles. The third-order valence-corrected chi connectivity index (χ3v) is 1.71.